The van der Waals surface area contributed by atoms with E-state index >= 15 is 0 Å². The van der Waals surface area contributed by atoms with Gasteiger partial charge in [0, 0.05) is 37.5 Å². The minimum Gasteiger partial charge on any atom is -0.359 e. The normalized spacial score (nSPS) is 18.5. The fourth-order valence-corrected chi connectivity index (χ4v) is 6.13. The summed E-state index contributed by atoms with van der Waals surface area (Å²) >= 11 is 1.22. The first-order valence-electron chi connectivity index (χ1n) is 10.1. The first-order valence-corrected chi connectivity index (χ1v) is 12.5. The molecule has 3 aromatic rings. The zero-order chi connectivity index (χ0) is 21.6. The number of carbonyl (C=O) groups is 1. The fraction of sp³-hybridized carbons (Fsp3) is 0.273. The number of aromatic nitrogens is 1. The molecule has 3 heterocycles. The highest BCUT2D eigenvalue weighted by Gasteiger charge is 2.39. The quantitative estimate of drug-likeness (QED) is 0.634. The maximum Gasteiger partial charge on any atom is 0.263 e. The standard InChI is InChI=1S/C22H22N4O3S2.H2/c1-15-2-7-19-16(14-15)8-11-26(19)20-9-12-25(21(20)27)17-3-5-18(6-4-17)31(28,29)24-22-23-10-13-30-22;/h2-7,10,13-14,20H,8-9,11-12H2,1H3,(H,23,24);1H/t20-;/m0./s1. The molecule has 0 radical (unpaired) electrons. The van der Waals surface area contributed by atoms with Crippen LogP contribution in [0, 0.1) is 6.92 Å². The summed E-state index contributed by atoms with van der Waals surface area (Å²) in [5.41, 5.74) is 4.40. The van der Waals surface area contributed by atoms with Gasteiger partial charge in [-0.1, -0.05) is 17.7 Å². The van der Waals surface area contributed by atoms with E-state index < -0.39 is 10.0 Å². The Balaban J connectivity index is 0.00000245. The van der Waals surface area contributed by atoms with E-state index in [1.807, 2.05) is 0 Å². The number of rotatable bonds is 5. The third-order valence-electron chi connectivity index (χ3n) is 5.83. The molecule has 1 amide bonds. The highest BCUT2D eigenvalue weighted by atomic mass is 32.2. The summed E-state index contributed by atoms with van der Waals surface area (Å²) < 4.78 is 27.5. The molecule has 0 aliphatic carbocycles. The van der Waals surface area contributed by atoms with Gasteiger partial charge in [-0.05, 0) is 55.7 Å². The molecule has 1 aromatic heterocycles. The summed E-state index contributed by atoms with van der Waals surface area (Å²) in [6, 6.07) is 12.7. The first kappa shape index (κ1) is 20.0. The van der Waals surface area contributed by atoms with Crippen molar-refractivity contribution in [2.24, 2.45) is 0 Å². The number of hydrogen-bond acceptors (Lipinski definition) is 6. The van der Waals surface area contributed by atoms with Crippen LogP contribution in [0.2, 0.25) is 0 Å². The molecule has 162 valence electrons. The van der Waals surface area contributed by atoms with Gasteiger partial charge in [-0.15, -0.1) is 11.3 Å². The molecule has 0 saturated carbocycles. The second-order valence-electron chi connectivity index (χ2n) is 7.81. The van der Waals surface area contributed by atoms with Gasteiger partial charge in [-0.3, -0.25) is 9.52 Å². The number of thiazole rings is 1. The molecule has 5 rings (SSSR count). The molecule has 9 heteroatoms. The van der Waals surface area contributed by atoms with Crippen LogP contribution >= 0.6 is 11.3 Å². The average molecular weight is 457 g/mol. The predicted octanol–water partition coefficient (Wildman–Crippen LogP) is 3.67. The van der Waals surface area contributed by atoms with Gasteiger partial charge in [0.15, 0.2) is 5.13 Å². The van der Waals surface area contributed by atoms with Crippen molar-refractivity contribution in [1.29, 1.82) is 0 Å². The van der Waals surface area contributed by atoms with Crippen molar-refractivity contribution in [3.05, 3.63) is 65.2 Å². The van der Waals surface area contributed by atoms with Crippen molar-refractivity contribution in [2.75, 3.05) is 27.6 Å². The van der Waals surface area contributed by atoms with Gasteiger partial charge >= 0.3 is 0 Å². The van der Waals surface area contributed by atoms with E-state index in [4.69, 9.17) is 0 Å². The number of benzene rings is 2. The van der Waals surface area contributed by atoms with Crippen molar-refractivity contribution in [3.63, 3.8) is 0 Å². The van der Waals surface area contributed by atoms with Gasteiger partial charge < -0.3 is 9.80 Å². The first-order chi connectivity index (χ1) is 14.9. The van der Waals surface area contributed by atoms with Crippen LogP contribution in [0.15, 0.2) is 58.9 Å². The van der Waals surface area contributed by atoms with Gasteiger partial charge in [0.05, 0.1) is 4.90 Å². The number of nitrogens with zero attached hydrogens (tertiary/aromatic N) is 3. The minimum atomic E-state index is -3.71. The van der Waals surface area contributed by atoms with E-state index in [0.717, 1.165) is 25.1 Å². The topological polar surface area (TPSA) is 82.6 Å². The van der Waals surface area contributed by atoms with Crippen molar-refractivity contribution in [3.8, 4) is 0 Å². The third-order valence-corrected chi connectivity index (χ3v) is 8.01. The van der Waals surface area contributed by atoms with Crippen LogP contribution in [0.1, 0.15) is 19.0 Å². The van der Waals surface area contributed by atoms with Crippen LogP contribution in [0.4, 0.5) is 16.5 Å². The number of anilines is 3. The molecule has 31 heavy (non-hydrogen) atoms. The SMILES string of the molecule is Cc1ccc2c(c1)CCN2[C@H]1CCN(c2ccc(S(=O)(=O)Nc3nccs3)cc2)C1=O.[HH]. The van der Waals surface area contributed by atoms with Gasteiger partial charge in [0.1, 0.15) is 6.04 Å². The summed E-state index contributed by atoms with van der Waals surface area (Å²) in [6.07, 6.45) is 3.25. The zero-order valence-corrected chi connectivity index (χ0v) is 18.6. The van der Waals surface area contributed by atoms with E-state index in [0.29, 0.717) is 17.4 Å². The van der Waals surface area contributed by atoms with Crippen molar-refractivity contribution >= 4 is 43.8 Å². The van der Waals surface area contributed by atoms with Gasteiger partial charge in [0.2, 0.25) is 5.91 Å². The smallest absolute Gasteiger partial charge is 0.263 e. The number of amides is 1. The molecule has 0 unspecified atom stereocenters. The van der Waals surface area contributed by atoms with Crippen molar-refractivity contribution in [2.45, 2.75) is 30.7 Å². The Morgan fingerprint density at radius 1 is 1.16 bits per heavy atom. The maximum absolute atomic E-state index is 13.2. The summed E-state index contributed by atoms with van der Waals surface area (Å²) in [5.74, 6) is 0.0601. The Labute approximate surface area is 186 Å². The molecule has 1 N–H and O–H groups in total. The summed E-state index contributed by atoms with van der Waals surface area (Å²) in [5, 5.41) is 2.03. The van der Waals surface area contributed by atoms with Crippen LogP contribution in [0.5, 0.6) is 0 Å². The Morgan fingerprint density at radius 2 is 1.97 bits per heavy atom. The molecular weight excluding hydrogens is 432 g/mol. The molecule has 0 bridgehead atoms. The zero-order valence-electron chi connectivity index (χ0n) is 17.0. The third kappa shape index (κ3) is 3.68. The maximum atomic E-state index is 13.2. The lowest BCUT2D eigenvalue weighted by atomic mass is 10.1. The minimum absolute atomic E-state index is 0. The van der Waals surface area contributed by atoms with Crippen LogP contribution in [0.25, 0.3) is 0 Å². The number of sulfonamides is 1. The number of nitrogens with one attached hydrogen (secondary N) is 1. The predicted molar refractivity (Wildman–Crippen MR) is 124 cm³/mol. The van der Waals surface area contributed by atoms with E-state index in [9.17, 15) is 13.2 Å². The van der Waals surface area contributed by atoms with Crippen LogP contribution in [0.3, 0.4) is 0 Å². The van der Waals surface area contributed by atoms with Crippen LogP contribution in [-0.2, 0) is 21.2 Å². The molecule has 1 saturated heterocycles. The van der Waals surface area contributed by atoms with Gasteiger partial charge in [-0.25, -0.2) is 13.4 Å². The van der Waals surface area contributed by atoms with Crippen molar-refractivity contribution < 1.29 is 14.6 Å². The number of carbonyl (C=O) groups excluding carboxylic acids is 1. The Bertz CT molecular complexity index is 1230. The van der Waals surface area contributed by atoms with Gasteiger partial charge in [-0.2, -0.15) is 0 Å². The Kier molecular flexibility index (Phi) is 4.94. The van der Waals surface area contributed by atoms with E-state index in [1.54, 1.807) is 28.6 Å². The molecular formula is C22H24N4O3S2. The molecule has 2 aromatic carbocycles. The molecule has 1 atom stereocenters. The van der Waals surface area contributed by atoms with E-state index in [-0.39, 0.29) is 18.3 Å². The van der Waals surface area contributed by atoms with E-state index in [1.165, 1.54) is 34.6 Å². The monoisotopic (exact) mass is 456 g/mol. The second-order valence-corrected chi connectivity index (χ2v) is 10.4. The average Bonchev–Trinajstić information content (AvgIpc) is 3.48. The lowest BCUT2D eigenvalue weighted by Gasteiger charge is -2.26. The Hall–Kier alpha value is -2.91. The lowest BCUT2D eigenvalue weighted by molar-refractivity contribution is -0.118. The summed E-state index contributed by atoms with van der Waals surface area (Å²) in [7, 11) is -3.71. The highest BCUT2D eigenvalue weighted by molar-refractivity contribution is 7.93. The summed E-state index contributed by atoms with van der Waals surface area (Å²) in [6.45, 7) is 3.55. The highest BCUT2D eigenvalue weighted by Crippen LogP contribution is 2.34. The van der Waals surface area contributed by atoms with Crippen LogP contribution < -0.4 is 14.5 Å². The molecule has 0 spiro atoms. The number of fused-ring (bicyclic) bond motifs is 1. The molecule has 2 aliphatic heterocycles. The Morgan fingerprint density at radius 3 is 2.71 bits per heavy atom. The summed E-state index contributed by atoms with van der Waals surface area (Å²) in [4.78, 5) is 21.3. The molecule has 2 aliphatic rings. The van der Waals surface area contributed by atoms with Crippen molar-refractivity contribution in [1.82, 2.24) is 4.98 Å². The second kappa shape index (κ2) is 7.65. The fourth-order valence-electron chi connectivity index (χ4n) is 4.34. The number of hydrogen-bond donors (Lipinski definition) is 1. The molecule has 7 nitrogen and oxygen atoms in total. The van der Waals surface area contributed by atoms with Gasteiger partial charge in [0.25, 0.3) is 10.0 Å². The molecule has 1 fully saturated rings. The number of aryl methyl sites for hydroxylation is 1. The lowest BCUT2D eigenvalue weighted by Crippen LogP contribution is -2.41. The van der Waals surface area contributed by atoms with E-state index in [2.05, 4.69) is 39.7 Å². The largest absolute Gasteiger partial charge is 0.359 e. The van der Waals surface area contributed by atoms with Crippen LogP contribution in [-0.4, -0.2) is 38.4 Å².